The number of amides is 1. The van der Waals surface area contributed by atoms with Crippen molar-refractivity contribution in [3.05, 3.63) is 48.5 Å². The molecule has 0 aromatic heterocycles. The zero-order valence-electron chi connectivity index (χ0n) is 11.7. The fraction of sp³-hybridized carbons (Fsp3) is 0.133. The highest BCUT2D eigenvalue weighted by atomic mass is 127. The van der Waals surface area contributed by atoms with Gasteiger partial charge >= 0.3 is 0 Å². The van der Waals surface area contributed by atoms with E-state index in [9.17, 15) is 4.79 Å². The molecule has 0 saturated carbocycles. The van der Waals surface area contributed by atoms with Gasteiger partial charge in [-0.2, -0.15) is 10.2 Å². The Balaban J connectivity index is 2.05. The van der Waals surface area contributed by atoms with Gasteiger partial charge in [-0.15, -0.1) is 0 Å². The molecule has 2 aromatic rings. The van der Waals surface area contributed by atoms with Gasteiger partial charge in [0.1, 0.15) is 0 Å². The largest absolute Gasteiger partial charge is 0.378 e. The molecule has 1 amide bonds. The van der Waals surface area contributed by atoms with Gasteiger partial charge in [0.2, 0.25) is 0 Å². The van der Waals surface area contributed by atoms with Crippen LogP contribution in [0.15, 0.2) is 58.8 Å². The number of nitrogens with zero attached hydrogens (tertiary/aromatic N) is 3. The first kappa shape index (κ1) is 15.4. The van der Waals surface area contributed by atoms with Crippen LogP contribution < -0.4 is 10.2 Å². The normalized spacial score (nSPS) is 10.6. The lowest BCUT2D eigenvalue weighted by atomic mass is 10.3. The number of halogens is 1. The molecule has 108 valence electrons. The lowest BCUT2D eigenvalue weighted by Gasteiger charge is -2.11. The van der Waals surface area contributed by atoms with Crippen LogP contribution in [0.3, 0.4) is 0 Å². The molecule has 2 aromatic carbocycles. The van der Waals surface area contributed by atoms with E-state index in [-0.39, 0.29) is 3.91 Å². The van der Waals surface area contributed by atoms with Gasteiger partial charge in [-0.05, 0) is 48.5 Å². The first-order valence-corrected chi connectivity index (χ1v) is 7.38. The number of hydrogen-bond donors (Lipinski definition) is 1. The Labute approximate surface area is 137 Å². The number of carbonyl (C=O) groups is 1. The average molecular weight is 394 g/mol. The first-order valence-electron chi connectivity index (χ1n) is 6.30. The Kier molecular flexibility index (Phi) is 5.26. The highest BCUT2D eigenvalue weighted by molar-refractivity contribution is 14.1. The third-order valence-electron chi connectivity index (χ3n) is 2.76. The van der Waals surface area contributed by atoms with E-state index >= 15 is 0 Å². The van der Waals surface area contributed by atoms with Crippen molar-refractivity contribution in [2.45, 2.75) is 0 Å². The molecular formula is C15H15IN4O. The fourth-order valence-electron chi connectivity index (χ4n) is 1.66. The van der Waals surface area contributed by atoms with E-state index in [1.165, 1.54) is 0 Å². The van der Waals surface area contributed by atoms with Crippen LogP contribution in [0.1, 0.15) is 0 Å². The Morgan fingerprint density at radius 2 is 1.43 bits per heavy atom. The molecule has 1 N–H and O–H groups in total. The quantitative estimate of drug-likeness (QED) is 0.338. The summed E-state index contributed by atoms with van der Waals surface area (Å²) in [6.07, 6.45) is 0. The number of hydrogen-bond acceptors (Lipinski definition) is 4. The standard InChI is InChI=1S/C15H15IN4O/c1-20(2)14-9-7-13(8-10-14)19-18-12-5-3-11(4-6-12)17-15(16)21/h3-10H,1-2H3,(H,17,21). The van der Waals surface area contributed by atoms with Crippen LogP contribution >= 0.6 is 22.6 Å². The number of carbonyl (C=O) groups excluding carboxylic acids is 1. The third-order valence-corrected chi connectivity index (χ3v) is 3.03. The van der Waals surface area contributed by atoms with Gasteiger partial charge in [-0.25, -0.2) is 0 Å². The number of benzene rings is 2. The van der Waals surface area contributed by atoms with Gasteiger partial charge < -0.3 is 10.2 Å². The maximum absolute atomic E-state index is 10.9. The van der Waals surface area contributed by atoms with E-state index < -0.39 is 0 Å². The van der Waals surface area contributed by atoms with Crippen molar-refractivity contribution >= 4 is 49.3 Å². The molecule has 5 nitrogen and oxygen atoms in total. The van der Waals surface area contributed by atoms with E-state index in [1.54, 1.807) is 46.9 Å². The molecule has 6 heteroatoms. The number of azo groups is 1. The van der Waals surface area contributed by atoms with Gasteiger partial charge in [-0.1, -0.05) is 0 Å². The number of anilines is 2. The summed E-state index contributed by atoms with van der Waals surface area (Å²) in [6.45, 7) is 0. The Morgan fingerprint density at radius 1 is 0.952 bits per heavy atom. The smallest absolute Gasteiger partial charge is 0.284 e. The van der Waals surface area contributed by atoms with Gasteiger partial charge in [0.15, 0.2) is 0 Å². The second kappa shape index (κ2) is 7.16. The number of rotatable bonds is 4. The van der Waals surface area contributed by atoms with Crippen molar-refractivity contribution in [3.63, 3.8) is 0 Å². The molecule has 2 rings (SSSR count). The van der Waals surface area contributed by atoms with Crippen LogP contribution in [0.25, 0.3) is 0 Å². The highest BCUT2D eigenvalue weighted by Gasteiger charge is 1.97. The zero-order chi connectivity index (χ0) is 15.2. The molecule has 0 fully saturated rings. The predicted octanol–water partition coefficient (Wildman–Crippen LogP) is 5.13. The lowest BCUT2D eigenvalue weighted by molar-refractivity contribution is 0.272. The summed E-state index contributed by atoms with van der Waals surface area (Å²) < 4.78 is -0.122. The Morgan fingerprint density at radius 3 is 1.86 bits per heavy atom. The topological polar surface area (TPSA) is 57.1 Å². The molecule has 0 radical (unpaired) electrons. The van der Waals surface area contributed by atoms with Crippen molar-refractivity contribution in [1.82, 2.24) is 0 Å². The molecule has 0 spiro atoms. The van der Waals surface area contributed by atoms with E-state index in [0.717, 1.165) is 22.7 Å². The van der Waals surface area contributed by atoms with Crippen molar-refractivity contribution < 1.29 is 4.79 Å². The molecular weight excluding hydrogens is 379 g/mol. The van der Waals surface area contributed by atoms with Gasteiger partial charge in [0.25, 0.3) is 3.91 Å². The fourth-order valence-corrected chi connectivity index (χ4v) is 1.97. The summed E-state index contributed by atoms with van der Waals surface area (Å²) in [4.78, 5) is 12.9. The van der Waals surface area contributed by atoms with Crippen LogP contribution in [0.5, 0.6) is 0 Å². The van der Waals surface area contributed by atoms with Crippen LogP contribution in [0, 0.1) is 0 Å². The van der Waals surface area contributed by atoms with Crippen LogP contribution in [-0.2, 0) is 0 Å². The van der Waals surface area contributed by atoms with Crippen molar-refractivity contribution in [3.8, 4) is 0 Å². The first-order chi connectivity index (χ1) is 10.0. The van der Waals surface area contributed by atoms with E-state index in [0.29, 0.717) is 0 Å². The van der Waals surface area contributed by atoms with Gasteiger partial charge in [0, 0.05) is 48.1 Å². The predicted molar refractivity (Wildman–Crippen MR) is 94.4 cm³/mol. The Bertz CT molecular complexity index is 636. The van der Waals surface area contributed by atoms with Crippen molar-refractivity contribution in [1.29, 1.82) is 0 Å². The molecule has 0 unspecified atom stereocenters. The minimum Gasteiger partial charge on any atom is -0.378 e. The minimum absolute atomic E-state index is 0.122. The van der Waals surface area contributed by atoms with Crippen LogP contribution in [-0.4, -0.2) is 18.0 Å². The summed E-state index contributed by atoms with van der Waals surface area (Å²) in [5.74, 6) is 0. The van der Waals surface area contributed by atoms with Crippen molar-refractivity contribution in [2.24, 2.45) is 10.2 Å². The van der Waals surface area contributed by atoms with E-state index in [2.05, 4.69) is 15.5 Å². The second-order valence-corrected chi connectivity index (χ2v) is 5.54. The third kappa shape index (κ3) is 4.82. The molecule has 21 heavy (non-hydrogen) atoms. The number of nitrogens with one attached hydrogen (secondary N) is 1. The maximum atomic E-state index is 10.9. The van der Waals surface area contributed by atoms with E-state index in [1.807, 2.05) is 43.3 Å². The minimum atomic E-state index is -0.122. The monoisotopic (exact) mass is 394 g/mol. The molecule has 0 aliphatic rings. The Hall–Kier alpha value is -1.96. The summed E-state index contributed by atoms with van der Waals surface area (Å²) in [5.41, 5.74) is 3.39. The summed E-state index contributed by atoms with van der Waals surface area (Å²) in [7, 11) is 3.99. The summed E-state index contributed by atoms with van der Waals surface area (Å²) in [6, 6.07) is 15.0. The van der Waals surface area contributed by atoms with Gasteiger partial charge in [-0.3, -0.25) is 4.79 Å². The molecule has 0 saturated heterocycles. The van der Waals surface area contributed by atoms with Crippen molar-refractivity contribution in [2.75, 3.05) is 24.3 Å². The maximum Gasteiger partial charge on any atom is 0.284 e. The van der Waals surface area contributed by atoms with Crippen LogP contribution in [0.4, 0.5) is 27.5 Å². The van der Waals surface area contributed by atoms with E-state index in [4.69, 9.17) is 0 Å². The zero-order valence-corrected chi connectivity index (χ0v) is 13.9. The summed E-state index contributed by atoms with van der Waals surface area (Å²) >= 11 is 1.69. The molecule has 0 bridgehead atoms. The molecule has 0 aliphatic heterocycles. The van der Waals surface area contributed by atoms with Crippen LogP contribution in [0.2, 0.25) is 0 Å². The average Bonchev–Trinajstić information content (AvgIpc) is 2.46. The second-order valence-electron chi connectivity index (χ2n) is 4.56. The molecule has 0 heterocycles. The lowest BCUT2D eigenvalue weighted by Crippen LogP contribution is -2.07. The highest BCUT2D eigenvalue weighted by Crippen LogP contribution is 2.22. The molecule has 0 aliphatic carbocycles. The molecule has 0 atom stereocenters. The van der Waals surface area contributed by atoms with Gasteiger partial charge in [0.05, 0.1) is 11.4 Å². The SMILES string of the molecule is CN(C)c1ccc(N=Nc2ccc(NC(=O)I)cc2)cc1. The summed E-state index contributed by atoms with van der Waals surface area (Å²) in [5, 5.41) is 11.0.